The number of nitrogens with one attached hydrogen (secondary N) is 1. The Labute approximate surface area is 145 Å². The lowest BCUT2D eigenvalue weighted by atomic mass is 9.78. The van der Waals surface area contributed by atoms with Gasteiger partial charge in [0.05, 0.1) is 15.9 Å². The van der Waals surface area contributed by atoms with Gasteiger partial charge in [0.15, 0.2) is 0 Å². The van der Waals surface area contributed by atoms with Gasteiger partial charge < -0.3 is 0 Å². The van der Waals surface area contributed by atoms with Crippen LogP contribution in [0, 0.1) is 0 Å². The Bertz CT molecular complexity index is 1140. The molecule has 0 aliphatic heterocycles. The lowest BCUT2D eigenvalue weighted by Gasteiger charge is -2.30. The van der Waals surface area contributed by atoms with Crippen molar-refractivity contribution < 1.29 is 8.42 Å². The topological polar surface area (TPSA) is 73.1 Å². The third-order valence-electron chi connectivity index (χ3n) is 5.03. The van der Waals surface area contributed by atoms with Gasteiger partial charge in [-0.15, -0.1) is 0 Å². The van der Waals surface area contributed by atoms with Gasteiger partial charge in [0.2, 0.25) is 10.0 Å². The van der Waals surface area contributed by atoms with Gasteiger partial charge in [0.1, 0.15) is 0 Å². The van der Waals surface area contributed by atoms with E-state index in [-0.39, 0.29) is 16.5 Å². The minimum Gasteiger partial charge on any atom is -0.295 e. The second-order valence-corrected chi connectivity index (χ2v) is 8.27. The van der Waals surface area contributed by atoms with Gasteiger partial charge in [-0.2, -0.15) is 0 Å². The maximum atomic E-state index is 12.6. The van der Waals surface area contributed by atoms with Crippen LogP contribution >= 0.6 is 0 Å². The van der Waals surface area contributed by atoms with Crippen LogP contribution in [0.5, 0.6) is 0 Å². The highest BCUT2D eigenvalue weighted by Gasteiger charge is 2.27. The minimum atomic E-state index is -3.62. The maximum Gasteiger partial charge on any atom is 0.328 e. The first-order valence-corrected chi connectivity index (χ1v) is 9.60. The van der Waals surface area contributed by atoms with Gasteiger partial charge in [0.25, 0.3) is 0 Å². The summed E-state index contributed by atoms with van der Waals surface area (Å²) in [6.45, 7) is 0.380. The quantitative estimate of drug-likeness (QED) is 0.769. The van der Waals surface area contributed by atoms with Crippen LogP contribution in [0.4, 0.5) is 0 Å². The van der Waals surface area contributed by atoms with E-state index in [0.717, 1.165) is 6.42 Å². The molecule has 6 nitrogen and oxygen atoms in total. The molecule has 0 saturated heterocycles. The number of sulfonamides is 1. The molecule has 25 heavy (non-hydrogen) atoms. The second kappa shape index (κ2) is 5.57. The van der Waals surface area contributed by atoms with E-state index >= 15 is 0 Å². The van der Waals surface area contributed by atoms with Crippen molar-refractivity contribution in [3.05, 3.63) is 64.1 Å². The van der Waals surface area contributed by atoms with Gasteiger partial charge in [-0.1, -0.05) is 24.3 Å². The molecule has 1 aliphatic carbocycles. The fourth-order valence-electron chi connectivity index (χ4n) is 3.49. The van der Waals surface area contributed by atoms with Gasteiger partial charge >= 0.3 is 5.69 Å². The van der Waals surface area contributed by atoms with Crippen LogP contribution in [0.3, 0.4) is 0 Å². The van der Waals surface area contributed by atoms with Gasteiger partial charge in [-0.3, -0.25) is 9.13 Å². The number of imidazole rings is 1. The van der Waals surface area contributed by atoms with Crippen molar-refractivity contribution in [2.75, 3.05) is 6.54 Å². The molecule has 0 spiro atoms. The third-order valence-corrected chi connectivity index (χ3v) is 6.46. The molecule has 7 heteroatoms. The smallest absolute Gasteiger partial charge is 0.295 e. The Balaban J connectivity index is 1.59. The Morgan fingerprint density at radius 1 is 1.08 bits per heavy atom. The zero-order chi connectivity index (χ0) is 17.8. The van der Waals surface area contributed by atoms with Gasteiger partial charge in [-0.25, -0.2) is 17.9 Å². The Morgan fingerprint density at radius 2 is 1.80 bits per heavy atom. The highest BCUT2D eigenvalue weighted by molar-refractivity contribution is 7.89. The van der Waals surface area contributed by atoms with Crippen molar-refractivity contribution in [3.63, 3.8) is 0 Å². The average Bonchev–Trinajstić information content (AvgIpc) is 2.80. The zero-order valence-electron chi connectivity index (χ0n) is 14.1. The van der Waals surface area contributed by atoms with E-state index in [2.05, 4.69) is 10.8 Å². The van der Waals surface area contributed by atoms with Crippen molar-refractivity contribution in [1.29, 1.82) is 0 Å². The molecule has 4 rings (SSSR count). The monoisotopic (exact) mass is 357 g/mol. The Kier molecular flexibility index (Phi) is 3.59. The van der Waals surface area contributed by atoms with Crippen LogP contribution in [-0.4, -0.2) is 24.1 Å². The standard InChI is InChI=1S/C18H19N3O3S/c1-20-16-8-7-14(10-17(16)21(2)18(20)22)25(23,24)19-11-13-9-12-5-3-4-6-15(12)13/h3-8,10,13,19H,9,11H2,1-2H3. The molecule has 0 amide bonds. The van der Waals surface area contributed by atoms with Crippen LogP contribution in [-0.2, 0) is 30.5 Å². The fraction of sp³-hybridized carbons (Fsp3) is 0.278. The summed E-state index contributed by atoms with van der Waals surface area (Å²) in [5, 5.41) is 0. The first kappa shape index (κ1) is 16.1. The van der Waals surface area contributed by atoms with Crippen LogP contribution in [0.25, 0.3) is 11.0 Å². The molecule has 1 atom stereocenters. The number of aryl methyl sites for hydroxylation is 2. The average molecular weight is 357 g/mol. The molecule has 0 fully saturated rings. The van der Waals surface area contributed by atoms with Crippen molar-refractivity contribution >= 4 is 21.1 Å². The van der Waals surface area contributed by atoms with E-state index in [1.54, 1.807) is 32.3 Å². The number of hydrogen-bond acceptors (Lipinski definition) is 3. The van der Waals surface area contributed by atoms with Crippen molar-refractivity contribution in [2.45, 2.75) is 17.2 Å². The summed E-state index contributed by atoms with van der Waals surface area (Å²) in [5.74, 6) is 0.218. The van der Waals surface area contributed by atoms with Crippen LogP contribution in [0.1, 0.15) is 17.0 Å². The zero-order valence-corrected chi connectivity index (χ0v) is 14.9. The second-order valence-electron chi connectivity index (χ2n) is 6.50. The van der Waals surface area contributed by atoms with Crippen molar-refractivity contribution in [3.8, 4) is 0 Å². The molecule has 1 aliphatic rings. The summed E-state index contributed by atoms with van der Waals surface area (Å²) in [6.07, 6.45) is 0.894. The predicted molar refractivity (Wildman–Crippen MR) is 96.2 cm³/mol. The number of rotatable bonds is 4. The van der Waals surface area contributed by atoms with E-state index in [9.17, 15) is 13.2 Å². The molecule has 1 heterocycles. The van der Waals surface area contributed by atoms with Crippen molar-refractivity contribution in [1.82, 2.24) is 13.9 Å². The SMILES string of the molecule is Cn1c(=O)n(C)c2cc(S(=O)(=O)NCC3Cc4ccccc43)ccc21. The maximum absolute atomic E-state index is 12.6. The molecule has 1 N–H and O–H groups in total. The largest absolute Gasteiger partial charge is 0.328 e. The van der Waals surface area contributed by atoms with E-state index < -0.39 is 10.0 Å². The molecule has 2 aromatic carbocycles. The normalized spacial score (nSPS) is 16.6. The Morgan fingerprint density at radius 3 is 2.56 bits per heavy atom. The molecule has 1 unspecified atom stereocenters. The van der Waals surface area contributed by atoms with E-state index in [1.807, 2.05) is 18.2 Å². The van der Waals surface area contributed by atoms with Crippen molar-refractivity contribution in [2.24, 2.45) is 14.1 Å². The number of fused-ring (bicyclic) bond motifs is 2. The summed E-state index contributed by atoms with van der Waals surface area (Å²) in [6, 6.07) is 12.9. The highest BCUT2D eigenvalue weighted by Crippen LogP contribution is 2.34. The molecule has 1 aromatic heterocycles. The number of aromatic nitrogens is 2. The van der Waals surface area contributed by atoms with Gasteiger partial charge in [0, 0.05) is 26.6 Å². The number of nitrogens with zero attached hydrogens (tertiary/aromatic N) is 2. The van der Waals surface area contributed by atoms with Crippen LogP contribution in [0.15, 0.2) is 52.2 Å². The fourth-order valence-corrected chi connectivity index (χ4v) is 4.59. The van der Waals surface area contributed by atoms with E-state index in [4.69, 9.17) is 0 Å². The summed E-state index contributed by atoms with van der Waals surface area (Å²) >= 11 is 0. The molecule has 0 bridgehead atoms. The molecule has 0 saturated carbocycles. The minimum absolute atomic E-state index is 0.175. The molecular formula is C18H19N3O3S. The lowest BCUT2D eigenvalue weighted by Crippen LogP contribution is -2.33. The van der Waals surface area contributed by atoms with Crippen LogP contribution in [0.2, 0.25) is 0 Å². The Hall–Kier alpha value is -2.38. The van der Waals surface area contributed by atoms with E-state index in [0.29, 0.717) is 17.6 Å². The molecular weight excluding hydrogens is 338 g/mol. The predicted octanol–water partition coefficient (Wildman–Crippen LogP) is 1.50. The number of hydrogen-bond donors (Lipinski definition) is 1. The molecule has 0 radical (unpaired) electrons. The number of benzene rings is 2. The lowest BCUT2D eigenvalue weighted by molar-refractivity contribution is 0.552. The summed E-state index contributed by atoms with van der Waals surface area (Å²) in [5.41, 5.74) is 3.63. The first-order valence-electron chi connectivity index (χ1n) is 8.11. The molecule has 130 valence electrons. The highest BCUT2D eigenvalue weighted by atomic mass is 32.2. The summed E-state index contributed by atoms with van der Waals surface area (Å²) in [7, 11) is -0.310. The summed E-state index contributed by atoms with van der Waals surface area (Å²) in [4.78, 5) is 12.2. The first-order chi connectivity index (χ1) is 11.9. The van der Waals surface area contributed by atoms with E-state index in [1.165, 1.54) is 20.3 Å². The summed E-state index contributed by atoms with van der Waals surface area (Å²) < 4.78 is 30.9. The van der Waals surface area contributed by atoms with Gasteiger partial charge in [-0.05, 0) is 35.7 Å². The van der Waals surface area contributed by atoms with Crippen LogP contribution < -0.4 is 10.4 Å². The molecule has 3 aromatic rings. The third kappa shape index (κ3) is 2.51.